The van der Waals surface area contributed by atoms with Crippen molar-refractivity contribution in [2.24, 2.45) is 23.7 Å². The topological polar surface area (TPSA) is 0 Å². The minimum absolute atomic E-state index is 0. The number of hydrogen-bond donors (Lipinski definition) is 0. The Hall–Kier alpha value is 0. The predicted octanol–water partition coefficient (Wildman–Crippen LogP) is 6.55. The van der Waals surface area contributed by atoms with Crippen LogP contribution in [-0.2, 0) is 0 Å². The van der Waals surface area contributed by atoms with E-state index in [1.165, 1.54) is 57.8 Å². The van der Waals surface area contributed by atoms with Crippen LogP contribution in [0, 0.1) is 23.7 Å². The highest BCUT2D eigenvalue weighted by molar-refractivity contribution is 4.66. The molecule has 17 heavy (non-hydrogen) atoms. The lowest BCUT2D eigenvalue weighted by molar-refractivity contribution is 0.308. The molecule has 0 heterocycles. The van der Waals surface area contributed by atoms with Gasteiger partial charge < -0.3 is 0 Å². The van der Waals surface area contributed by atoms with Crippen LogP contribution in [0.4, 0.5) is 0 Å². The summed E-state index contributed by atoms with van der Waals surface area (Å²) < 4.78 is 0. The molecule has 0 bridgehead atoms. The summed E-state index contributed by atoms with van der Waals surface area (Å²) in [5.41, 5.74) is 0. The van der Waals surface area contributed by atoms with E-state index < -0.39 is 0 Å². The van der Waals surface area contributed by atoms with Gasteiger partial charge >= 0.3 is 0 Å². The van der Waals surface area contributed by atoms with E-state index in [0.29, 0.717) is 0 Å². The Labute approximate surface area is 113 Å². The molecule has 2 aliphatic carbocycles. The molecule has 106 valence electrons. The summed E-state index contributed by atoms with van der Waals surface area (Å²) in [6.07, 6.45) is 13.3. The smallest absolute Gasteiger partial charge is 0 e. The van der Waals surface area contributed by atoms with E-state index in [-0.39, 0.29) is 2.85 Å². The fourth-order valence-electron chi connectivity index (χ4n) is 3.10. The first-order chi connectivity index (χ1) is 8.08. The summed E-state index contributed by atoms with van der Waals surface area (Å²) in [6.45, 7) is 9.51. The van der Waals surface area contributed by atoms with E-state index in [9.17, 15) is 0 Å². The van der Waals surface area contributed by atoms with Crippen molar-refractivity contribution >= 4 is 0 Å². The zero-order valence-electron chi connectivity index (χ0n) is 12.7. The van der Waals surface area contributed by atoms with Gasteiger partial charge in [-0.2, -0.15) is 0 Å². The van der Waals surface area contributed by atoms with Gasteiger partial charge in [-0.25, -0.2) is 0 Å². The van der Waals surface area contributed by atoms with E-state index in [1.807, 2.05) is 0 Å². The van der Waals surface area contributed by atoms with Crippen LogP contribution >= 0.6 is 0 Å². The highest BCUT2D eigenvalue weighted by Gasteiger charge is 2.13. The van der Waals surface area contributed by atoms with Crippen molar-refractivity contribution in [1.82, 2.24) is 0 Å². The number of hydrogen-bond acceptors (Lipinski definition) is 0. The normalized spacial score (nSPS) is 38.8. The zero-order chi connectivity index (χ0) is 12.7. The van der Waals surface area contributed by atoms with Gasteiger partial charge in [0.1, 0.15) is 0 Å². The molecule has 0 aromatic heterocycles. The fourth-order valence-corrected chi connectivity index (χ4v) is 3.10. The van der Waals surface area contributed by atoms with Crippen LogP contribution in [0.15, 0.2) is 0 Å². The molecule has 0 aliphatic heterocycles. The quantitative estimate of drug-likeness (QED) is 0.423. The molecular weight excluding hydrogens is 204 g/mol. The van der Waals surface area contributed by atoms with Gasteiger partial charge in [-0.05, 0) is 23.7 Å². The largest absolute Gasteiger partial charge is 0.0625 e. The molecule has 0 N–H and O–H groups in total. The SMILES string of the molecule is CC1CCC(C)CC1.CC1CCC[C@@H](C)CC1.[HH].[HH]. The maximum atomic E-state index is 2.39. The minimum Gasteiger partial charge on any atom is -0.0625 e. The summed E-state index contributed by atoms with van der Waals surface area (Å²) in [4.78, 5) is 0. The van der Waals surface area contributed by atoms with Crippen molar-refractivity contribution < 1.29 is 2.85 Å². The third-order valence-corrected chi connectivity index (χ3v) is 4.85. The van der Waals surface area contributed by atoms with E-state index in [2.05, 4.69) is 27.7 Å². The van der Waals surface area contributed by atoms with Crippen LogP contribution in [-0.4, -0.2) is 0 Å². The molecule has 0 saturated heterocycles. The standard InChI is InChI=1S/C9H18.C8H16.2H2/c1-8-4-3-5-9(2)7-6-8;1-7-3-5-8(2)6-4-7;;/h8-9H,3-7H2,1-2H3;7-8H,3-6H2,1-2H3;2*1H/t8-,9?;;;/m1.../s1. The Balaban J connectivity index is 0. The average Bonchev–Trinajstić information content (AvgIpc) is 2.49. The molecule has 0 spiro atoms. The van der Waals surface area contributed by atoms with Gasteiger partial charge in [0, 0.05) is 2.85 Å². The summed E-state index contributed by atoms with van der Waals surface area (Å²) >= 11 is 0. The molecule has 0 nitrogen and oxygen atoms in total. The predicted molar refractivity (Wildman–Crippen MR) is 82.4 cm³/mol. The molecular formula is C17H38. The van der Waals surface area contributed by atoms with Gasteiger partial charge in [0.05, 0.1) is 0 Å². The van der Waals surface area contributed by atoms with Gasteiger partial charge in [-0.15, -0.1) is 0 Å². The van der Waals surface area contributed by atoms with Gasteiger partial charge in [0.15, 0.2) is 0 Å². The summed E-state index contributed by atoms with van der Waals surface area (Å²) in [5.74, 6) is 4.06. The molecule has 0 amide bonds. The van der Waals surface area contributed by atoms with E-state index in [4.69, 9.17) is 0 Å². The van der Waals surface area contributed by atoms with Gasteiger partial charge in [0.2, 0.25) is 0 Å². The molecule has 0 aromatic rings. The Kier molecular flexibility index (Phi) is 7.23. The van der Waals surface area contributed by atoms with E-state index in [0.717, 1.165) is 23.7 Å². The van der Waals surface area contributed by atoms with Crippen LogP contribution in [0.3, 0.4) is 0 Å². The third kappa shape index (κ3) is 7.11. The Morgan fingerprint density at radius 2 is 0.706 bits per heavy atom. The monoisotopic (exact) mass is 242 g/mol. The van der Waals surface area contributed by atoms with Crippen LogP contribution in [0.2, 0.25) is 0 Å². The second kappa shape index (κ2) is 8.16. The molecule has 2 atom stereocenters. The van der Waals surface area contributed by atoms with Crippen LogP contribution in [0.1, 0.15) is 88.3 Å². The van der Waals surface area contributed by atoms with Crippen LogP contribution < -0.4 is 0 Å². The highest BCUT2D eigenvalue weighted by Crippen LogP contribution is 2.27. The van der Waals surface area contributed by atoms with Crippen molar-refractivity contribution in [3.8, 4) is 0 Å². The van der Waals surface area contributed by atoms with Crippen molar-refractivity contribution in [3.63, 3.8) is 0 Å². The first-order valence-corrected chi connectivity index (χ1v) is 8.08. The molecule has 2 fully saturated rings. The summed E-state index contributed by atoms with van der Waals surface area (Å²) in [5, 5.41) is 0. The lowest BCUT2D eigenvalue weighted by Gasteiger charge is -2.22. The Morgan fingerprint density at radius 1 is 0.471 bits per heavy atom. The second-order valence-corrected chi connectivity index (χ2v) is 7.08. The van der Waals surface area contributed by atoms with Gasteiger partial charge in [-0.3, -0.25) is 0 Å². The lowest BCUT2D eigenvalue weighted by atomic mass is 9.84. The first-order valence-electron chi connectivity index (χ1n) is 8.08. The van der Waals surface area contributed by atoms with Crippen LogP contribution in [0.25, 0.3) is 0 Å². The Morgan fingerprint density at radius 3 is 1.00 bits per heavy atom. The highest BCUT2D eigenvalue weighted by atomic mass is 14.2. The van der Waals surface area contributed by atoms with Gasteiger partial charge in [0.25, 0.3) is 0 Å². The van der Waals surface area contributed by atoms with Crippen molar-refractivity contribution in [1.29, 1.82) is 0 Å². The molecule has 2 aliphatic rings. The van der Waals surface area contributed by atoms with Crippen molar-refractivity contribution in [3.05, 3.63) is 0 Å². The maximum absolute atomic E-state index is 2.39. The van der Waals surface area contributed by atoms with E-state index in [1.54, 1.807) is 0 Å². The molecule has 0 heteroatoms. The lowest BCUT2D eigenvalue weighted by Crippen LogP contribution is -2.08. The Bertz CT molecular complexity index is 166. The molecule has 0 aromatic carbocycles. The third-order valence-electron chi connectivity index (χ3n) is 4.85. The maximum Gasteiger partial charge on any atom is 0 e. The molecule has 2 rings (SSSR count). The van der Waals surface area contributed by atoms with Crippen molar-refractivity contribution in [2.45, 2.75) is 85.5 Å². The number of rotatable bonds is 0. The molecule has 0 radical (unpaired) electrons. The van der Waals surface area contributed by atoms with Gasteiger partial charge in [-0.1, -0.05) is 85.5 Å². The first kappa shape index (κ1) is 15.1. The fraction of sp³-hybridized carbons (Fsp3) is 1.00. The summed E-state index contributed by atoms with van der Waals surface area (Å²) in [6, 6.07) is 0. The minimum atomic E-state index is 0. The molecule has 1 unspecified atom stereocenters. The zero-order valence-corrected chi connectivity index (χ0v) is 12.7. The summed E-state index contributed by atoms with van der Waals surface area (Å²) in [7, 11) is 0. The van der Waals surface area contributed by atoms with E-state index >= 15 is 0 Å². The molecule has 2 saturated carbocycles. The van der Waals surface area contributed by atoms with Crippen LogP contribution in [0.5, 0.6) is 0 Å². The second-order valence-electron chi connectivity index (χ2n) is 7.08. The average molecular weight is 242 g/mol. The van der Waals surface area contributed by atoms with Crippen molar-refractivity contribution in [2.75, 3.05) is 0 Å².